The van der Waals surface area contributed by atoms with Gasteiger partial charge in [-0.25, -0.2) is 0 Å². The third kappa shape index (κ3) is 3.59. The van der Waals surface area contributed by atoms with Crippen LogP contribution in [0.2, 0.25) is 0 Å². The molecule has 122 valence electrons. The van der Waals surface area contributed by atoms with Gasteiger partial charge in [-0.05, 0) is 31.4 Å². The topological polar surface area (TPSA) is 63.1 Å². The predicted octanol–water partition coefficient (Wildman–Crippen LogP) is 1.15. The van der Waals surface area contributed by atoms with Crippen molar-refractivity contribution >= 4 is 5.91 Å². The quantitative estimate of drug-likeness (QED) is 0.899. The summed E-state index contributed by atoms with van der Waals surface area (Å²) in [5, 5.41) is 10.8. The first kappa shape index (κ1) is 15.7. The normalized spacial score (nSPS) is 15.9. The van der Waals surface area contributed by atoms with Gasteiger partial charge in [0.2, 0.25) is 5.91 Å². The fraction of sp³-hybridized carbons (Fsp3) is 0.471. The zero-order chi connectivity index (χ0) is 16.2. The fourth-order valence-corrected chi connectivity index (χ4v) is 2.99. The SMILES string of the molecule is Cc1nncn1CCNC(=O)[C@@H](C)N1CCc2ccccc2C1. The van der Waals surface area contributed by atoms with Crippen molar-refractivity contribution in [1.29, 1.82) is 0 Å². The molecule has 0 radical (unpaired) electrons. The maximum atomic E-state index is 12.4. The number of carbonyl (C=O) groups excluding carboxylic acids is 1. The Morgan fingerprint density at radius 3 is 2.87 bits per heavy atom. The van der Waals surface area contributed by atoms with Gasteiger partial charge in [-0.15, -0.1) is 10.2 Å². The molecule has 2 heterocycles. The minimum atomic E-state index is -0.120. The minimum absolute atomic E-state index is 0.0788. The highest BCUT2D eigenvalue weighted by Gasteiger charge is 2.24. The molecule has 0 fully saturated rings. The molecule has 1 aliphatic heterocycles. The molecular weight excluding hydrogens is 290 g/mol. The fourth-order valence-electron chi connectivity index (χ4n) is 2.99. The van der Waals surface area contributed by atoms with E-state index in [0.29, 0.717) is 13.1 Å². The third-order valence-corrected chi connectivity index (χ3v) is 4.55. The van der Waals surface area contributed by atoms with E-state index in [-0.39, 0.29) is 11.9 Å². The molecule has 2 aromatic rings. The Morgan fingerprint density at radius 2 is 2.13 bits per heavy atom. The molecule has 0 spiro atoms. The number of aryl methyl sites for hydroxylation is 1. The number of hydrogen-bond donors (Lipinski definition) is 1. The van der Waals surface area contributed by atoms with Gasteiger partial charge in [0.1, 0.15) is 12.2 Å². The van der Waals surface area contributed by atoms with Crippen LogP contribution in [0.3, 0.4) is 0 Å². The summed E-state index contributed by atoms with van der Waals surface area (Å²) >= 11 is 0. The molecule has 1 aromatic carbocycles. The molecule has 1 N–H and O–H groups in total. The van der Waals surface area contributed by atoms with E-state index in [9.17, 15) is 4.79 Å². The van der Waals surface area contributed by atoms with Gasteiger partial charge in [0.05, 0.1) is 6.04 Å². The largest absolute Gasteiger partial charge is 0.353 e. The molecule has 1 amide bonds. The summed E-state index contributed by atoms with van der Waals surface area (Å²) in [6.07, 6.45) is 2.69. The van der Waals surface area contributed by atoms with Gasteiger partial charge in [-0.1, -0.05) is 24.3 Å². The Kier molecular flexibility index (Phi) is 4.71. The predicted molar refractivity (Wildman–Crippen MR) is 87.8 cm³/mol. The van der Waals surface area contributed by atoms with E-state index < -0.39 is 0 Å². The lowest BCUT2D eigenvalue weighted by atomic mass is 9.99. The summed E-state index contributed by atoms with van der Waals surface area (Å²) in [4.78, 5) is 14.6. The molecular formula is C17H23N5O. The number of fused-ring (bicyclic) bond motifs is 1. The molecule has 0 bridgehead atoms. The van der Waals surface area contributed by atoms with Gasteiger partial charge in [-0.2, -0.15) is 0 Å². The molecule has 0 unspecified atom stereocenters. The van der Waals surface area contributed by atoms with Gasteiger partial charge in [0.25, 0.3) is 0 Å². The number of carbonyl (C=O) groups is 1. The molecule has 1 aromatic heterocycles. The van der Waals surface area contributed by atoms with Crippen molar-refractivity contribution in [2.45, 2.75) is 39.4 Å². The van der Waals surface area contributed by atoms with E-state index in [1.54, 1.807) is 6.33 Å². The van der Waals surface area contributed by atoms with Gasteiger partial charge in [0, 0.05) is 26.2 Å². The zero-order valence-electron chi connectivity index (χ0n) is 13.7. The summed E-state index contributed by atoms with van der Waals surface area (Å²) in [5.41, 5.74) is 2.73. The number of rotatable bonds is 5. The van der Waals surface area contributed by atoms with Crippen LogP contribution in [0.4, 0.5) is 0 Å². The van der Waals surface area contributed by atoms with Crippen LogP contribution in [0.25, 0.3) is 0 Å². The lowest BCUT2D eigenvalue weighted by molar-refractivity contribution is -0.126. The number of nitrogens with zero attached hydrogens (tertiary/aromatic N) is 4. The first-order valence-corrected chi connectivity index (χ1v) is 8.08. The summed E-state index contributed by atoms with van der Waals surface area (Å²) in [7, 11) is 0. The van der Waals surface area contributed by atoms with Crippen LogP contribution in [0, 0.1) is 6.92 Å². The van der Waals surface area contributed by atoms with Gasteiger partial charge in [0.15, 0.2) is 0 Å². The maximum absolute atomic E-state index is 12.4. The smallest absolute Gasteiger partial charge is 0.237 e. The number of nitrogens with one attached hydrogen (secondary N) is 1. The summed E-state index contributed by atoms with van der Waals surface area (Å²) in [6.45, 7) is 6.94. The van der Waals surface area contributed by atoms with Crippen LogP contribution in [0.1, 0.15) is 23.9 Å². The minimum Gasteiger partial charge on any atom is -0.353 e. The third-order valence-electron chi connectivity index (χ3n) is 4.55. The van der Waals surface area contributed by atoms with E-state index in [0.717, 1.165) is 25.3 Å². The van der Waals surface area contributed by atoms with Crippen molar-refractivity contribution in [3.05, 3.63) is 47.5 Å². The summed E-state index contributed by atoms with van der Waals surface area (Å²) in [5.74, 6) is 0.940. The van der Waals surface area contributed by atoms with Crippen molar-refractivity contribution in [2.75, 3.05) is 13.1 Å². The molecule has 3 rings (SSSR count). The highest BCUT2D eigenvalue weighted by molar-refractivity contribution is 5.81. The second-order valence-corrected chi connectivity index (χ2v) is 6.03. The Labute approximate surface area is 136 Å². The van der Waals surface area contributed by atoms with Gasteiger partial charge in [-0.3, -0.25) is 9.69 Å². The molecule has 6 nitrogen and oxygen atoms in total. The Morgan fingerprint density at radius 1 is 1.35 bits per heavy atom. The monoisotopic (exact) mass is 313 g/mol. The first-order chi connectivity index (χ1) is 11.1. The molecule has 1 aliphatic rings. The van der Waals surface area contributed by atoms with E-state index in [2.05, 4.69) is 44.7 Å². The Balaban J connectivity index is 1.51. The van der Waals surface area contributed by atoms with E-state index >= 15 is 0 Å². The van der Waals surface area contributed by atoms with E-state index in [4.69, 9.17) is 0 Å². The second-order valence-electron chi connectivity index (χ2n) is 6.03. The van der Waals surface area contributed by atoms with Gasteiger partial charge >= 0.3 is 0 Å². The average molecular weight is 313 g/mol. The molecule has 23 heavy (non-hydrogen) atoms. The molecule has 6 heteroatoms. The van der Waals surface area contributed by atoms with Crippen LogP contribution >= 0.6 is 0 Å². The van der Waals surface area contributed by atoms with Crippen LogP contribution in [0.15, 0.2) is 30.6 Å². The lowest BCUT2D eigenvalue weighted by Crippen LogP contribution is -2.47. The molecule has 1 atom stereocenters. The number of hydrogen-bond acceptors (Lipinski definition) is 4. The maximum Gasteiger partial charge on any atom is 0.237 e. The molecule has 0 aliphatic carbocycles. The van der Waals surface area contributed by atoms with Crippen molar-refractivity contribution in [3.8, 4) is 0 Å². The summed E-state index contributed by atoms with van der Waals surface area (Å²) in [6, 6.07) is 8.36. The molecule has 0 saturated heterocycles. The second kappa shape index (κ2) is 6.91. The summed E-state index contributed by atoms with van der Waals surface area (Å²) < 4.78 is 1.93. The van der Waals surface area contributed by atoms with E-state index in [1.165, 1.54) is 11.1 Å². The van der Waals surface area contributed by atoms with Gasteiger partial charge < -0.3 is 9.88 Å². The van der Waals surface area contributed by atoms with Crippen molar-refractivity contribution < 1.29 is 4.79 Å². The van der Waals surface area contributed by atoms with Crippen molar-refractivity contribution in [3.63, 3.8) is 0 Å². The standard InChI is InChI=1S/C17H23N5O/c1-13(17(23)18-8-10-22-12-19-20-14(22)2)21-9-7-15-5-3-4-6-16(15)11-21/h3-6,12-13H,7-11H2,1-2H3,(H,18,23)/t13-/m1/s1. The number of aromatic nitrogens is 3. The average Bonchev–Trinajstić information content (AvgIpc) is 2.98. The highest BCUT2D eigenvalue weighted by Crippen LogP contribution is 2.20. The van der Waals surface area contributed by atoms with Crippen LogP contribution in [-0.4, -0.2) is 44.7 Å². The molecule has 0 saturated carbocycles. The van der Waals surface area contributed by atoms with Crippen LogP contribution < -0.4 is 5.32 Å². The lowest BCUT2D eigenvalue weighted by Gasteiger charge is -2.32. The highest BCUT2D eigenvalue weighted by atomic mass is 16.2. The Hall–Kier alpha value is -2.21. The van der Waals surface area contributed by atoms with Crippen molar-refractivity contribution in [2.24, 2.45) is 0 Å². The number of benzene rings is 1. The zero-order valence-corrected chi connectivity index (χ0v) is 13.7. The first-order valence-electron chi connectivity index (χ1n) is 8.08. The van der Waals surface area contributed by atoms with E-state index in [1.807, 2.05) is 18.4 Å². The Bertz CT molecular complexity index is 681. The van der Waals surface area contributed by atoms with Crippen LogP contribution in [0.5, 0.6) is 0 Å². The number of amides is 1. The van der Waals surface area contributed by atoms with Crippen LogP contribution in [-0.2, 0) is 24.3 Å². The van der Waals surface area contributed by atoms with Crippen molar-refractivity contribution in [1.82, 2.24) is 25.0 Å².